The number of amides is 2. The number of rotatable bonds is 6. The van der Waals surface area contributed by atoms with Crippen molar-refractivity contribution in [3.8, 4) is 0 Å². The van der Waals surface area contributed by atoms with Gasteiger partial charge >= 0.3 is 0 Å². The first-order valence-corrected chi connectivity index (χ1v) is 10.8. The molecule has 162 valence electrons. The predicted octanol–water partition coefficient (Wildman–Crippen LogP) is 2.76. The fraction of sp³-hybridized carbons (Fsp3) is 0.333. The predicted molar refractivity (Wildman–Crippen MR) is 113 cm³/mol. The van der Waals surface area contributed by atoms with Crippen molar-refractivity contribution in [1.82, 2.24) is 14.9 Å². The van der Waals surface area contributed by atoms with Crippen LogP contribution in [0.4, 0.5) is 14.5 Å². The maximum Gasteiger partial charge on any atom is 0.262 e. The zero-order valence-electron chi connectivity index (χ0n) is 16.5. The molecule has 4 rings (SSSR count). The van der Waals surface area contributed by atoms with E-state index in [0.29, 0.717) is 16.3 Å². The Kier molecular flexibility index (Phi) is 6.08. The Balaban J connectivity index is 1.34. The molecule has 10 heteroatoms. The molecule has 0 spiro atoms. The number of halogens is 2. The highest BCUT2D eigenvalue weighted by molar-refractivity contribution is 7.18. The topological polar surface area (TPSA) is 93.1 Å². The second kappa shape index (κ2) is 8.93. The van der Waals surface area contributed by atoms with Crippen LogP contribution in [-0.4, -0.2) is 27.9 Å². The summed E-state index contributed by atoms with van der Waals surface area (Å²) in [5.74, 6) is -2.59. The minimum Gasteiger partial charge on any atom is -0.354 e. The lowest BCUT2D eigenvalue weighted by Gasteiger charge is -2.11. The molecular weight excluding hydrogens is 426 g/mol. The number of nitrogens with zero attached hydrogens (tertiary/aromatic N) is 2. The summed E-state index contributed by atoms with van der Waals surface area (Å²) in [4.78, 5) is 43.3. The number of benzene rings is 1. The molecule has 0 fully saturated rings. The molecule has 1 aromatic carbocycles. The quantitative estimate of drug-likeness (QED) is 0.609. The van der Waals surface area contributed by atoms with Crippen LogP contribution in [0.1, 0.15) is 29.7 Å². The number of thiophene rings is 1. The molecule has 1 aliphatic rings. The molecule has 0 bridgehead atoms. The van der Waals surface area contributed by atoms with Gasteiger partial charge in [0.05, 0.1) is 17.4 Å². The Morgan fingerprint density at radius 1 is 1.16 bits per heavy atom. The van der Waals surface area contributed by atoms with Crippen molar-refractivity contribution < 1.29 is 18.4 Å². The van der Waals surface area contributed by atoms with Crippen molar-refractivity contribution in [3.05, 3.63) is 57.0 Å². The molecule has 0 aliphatic heterocycles. The SMILES string of the molecule is O=C(Cn1cnc2sc3c(c2c1=O)CCCC3)NCCC(=O)Nc1ccc(F)cc1F. The zero-order chi connectivity index (χ0) is 22.0. The summed E-state index contributed by atoms with van der Waals surface area (Å²) >= 11 is 1.54. The molecule has 0 atom stereocenters. The molecule has 0 saturated heterocycles. The molecule has 2 heterocycles. The normalized spacial score (nSPS) is 13.1. The van der Waals surface area contributed by atoms with Crippen LogP contribution in [0.25, 0.3) is 10.2 Å². The molecule has 2 aromatic heterocycles. The number of hydrogen-bond acceptors (Lipinski definition) is 5. The minimum absolute atomic E-state index is 0.00571. The van der Waals surface area contributed by atoms with Crippen LogP contribution in [0.5, 0.6) is 0 Å². The highest BCUT2D eigenvalue weighted by Crippen LogP contribution is 2.33. The average Bonchev–Trinajstić information content (AvgIpc) is 3.11. The fourth-order valence-electron chi connectivity index (χ4n) is 3.62. The van der Waals surface area contributed by atoms with Gasteiger partial charge in [0.25, 0.3) is 5.56 Å². The maximum atomic E-state index is 13.6. The molecule has 31 heavy (non-hydrogen) atoms. The van der Waals surface area contributed by atoms with E-state index in [-0.39, 0.29) is 30.8 Å². The van der Waals surface area contributed by atoms with E-state index < -0.39 is 23.4 Å². The Bertz CT molecular complexity index is 1220. The molecule has 3 aromatic rings. The number of aryl methyl sites for hydroxylation is 2. The van der Waals surface area contributed by atoms with Gasteiger partial charge in [0.1, 0.15) is 23.0 Å². The molecular formula is C21H20F2N4O3S. The van der Waals surface area contributed by atoms with E-state index in [4.69, 9.17) is 0 Å². The van der Waals surface area contributed by atoms with E-state index in [1.165, 1.54) is 15.8 Å². The van der Waals surface area contributed by atoms with Crippen molar-refractivity contribution in [2.45, 2.75) is 38.6 Å². The molecule has 7 nitrogen and oxygen atoms in total. The molecule has 0 saturated carbocycles. The first kappa shape index (κ1) is 21.1. The average molecular weight is 446 g/mol. The molecule has 0 radical (unpaired) electrons. The van der Waals surface area contributed by atoms with E-state index in [1.807, 2.05) is 0 Å². The lowest BCUT2D eigenvalue weighted by atomic mass is 9.97. The minimum atomic E-state index is -0.879. The number of fused-ring (bicyclic) bond motifs is 3. The molecule has 0 unspecified atom stereocenters. The van der Waals surface area contributed by atoms with Gasteiger partial charge in [-0.15, -0.1) is 11.3 Å². The summed E-state index contributed by atoms with van der Waals surface area (Å²) in [6, 6.07) is 2.83. The van der Waals surface area contributed by atoms with Gasteiger partial charge in [-0.1, -0.05) is 0 Å². The van der Waals surface area contributed by atoms with Gasteiger partial charge in [0.15, 0.2) is 0 Å². The van der Waals surface area contributed by atoms with E-state index in [9.17, 15) is 23.2 Å². The summed E-state index contributed by atoms with van der Waals surface area (Å²) in [7, 11) is 0. The number of hydrogen-bond donors (Lipinski definition) is 2. The van der Waals surface area contributed by atoms with Crippen molar-refractivity contribution in [3.63, 3.8) is 0 Å². The van der Waals surface area contributed by atoms with Crippen LogP contribution in [0, 0.1) is 11.6 Å². The largest absolute Gasteiger partial charge is 0.354 e. The van der Waals surface area contributed by atoms with Gasteiger partial charge in [-0.3, -0.25) is 19.0 Å². The van der Waals surface area contributed by atoms with Crippen molar-refractivity contribution >= 4 is 39.1 Å². The Morgan fingerprint density at radius 3 is 2.77 bits per heavy atom. The van der Waals surface area contributed by atoms with Crippen LogP contribution < -0.4 is 16.2 Å². The van der Waals surface area contributed by atoms with Crippen molar-refractivity contribution in [1.29, 1.82) is 0 Å². The summed E-state index contributed by atoms with van der Waals surface area (Å²) in [6.45, 7) is -0.202. The van der Waals surface area contributed by atoms with Gasteiger partial charge in [0, 0.05) is 23.9 Å². The standard InChI is InChI=1S/C21H20F2N4O3S/c22-12-5-6-15(14(23)9-12)26-17(28)7-8-24-18(29)10-27-11-25-20-19(21(27)30)13-3-1-2-4-16(13)31-20/h5-6,9,11H,1-4,7-8,10H2,(H,24,29)(H,26,28). The van der Waals surface area contributed by atoms with Gasteiger partial charge in [-0.05, 0) is 43.4 Å². The van der Waals surface area contributed by atoms with Gasteiger partial charge in [0.2, 0.25) is 11.8 Å². The van der Waals surface area contributed by atoms with Gasteiger partial charge < -0.3 is 10.6 Å². The number of nitrogens with one attached hydrogen (secondary N) is 2. The highest BCUT2D eigenvalue weighted by atomic mass is 32.1. The Hall–Kier alpha value is -3.14. The second-order valence-corrected chi connectivity index (χ2v) is 8.42. The fourth-order valence-corrected chi connectivity index (χ4v) is 4.84. The Labute approximate surface area is 180 Å². The third-order valence-corrected chi connectivity index (χ3v) is 6.34. The van der Waals surface area contributed by atoms with Crippen LogP contribution in [0.15, 0.2) is 29.3 Å². The number of carbonyl (C=O) groups is 2. The summed E-state index contributed by atoms with van der Waals surface area (Å²) < 4.78 is 27.7. The van der Waals surface area contributed by atoms with E-state index in [2.05, 4.69) is 15.6 Å². The van der Waals surface area contributed by atoms with E-state index >= 15 is 0 Å². The summed E-state index contributed by atoms with van der Waals surface area (Å²) in [5, 5.41) is 5.49. The summed E-state index contributed by atoms with van der Waals surface area (Å²) in [6.07, 6.45) is 5.23. The van der Waals surface area contributed by atoms with E-state index in [0.717, 1.165) is 43.4 Å². The first-order valence-electron chi connectivity index (χ1n) is 9.93. The van der Waals surface area contributed by atoms with Crippen LogP contribution in [0.3, 0.4) is 0 Å². The van der Waals surface area contributed by atoms with E-state index in [1.54, 1.807) is 11.3 Å². The highest BCUT2D eigenvalue weighted by Gasteiger charge is 2.20. The Morgan fingerprint density at radius 2 is 1.97 bits per heavy atom. The number of carbonyl (C=O) groups excluding carboxylic acids is 2. The van der Waals surface area contributed by atoms with Gasteiger partial charge in [-0.25, -0.2) is 13.8 Å². The number of anilines is 1. The van der Waals surface area contributed by atoms with Gasteiger partial charge in [-0.2, -0.15) is 0 Å². The summed E-state index contributed by atoms with van der Waals surface area (Å²) in [5.41, 5.74) is 0.690. The molecule has 1 aliphatic carbocycles. The smallest absolute Gasteiger partial charge is 0.262 e. The first-order chi connectivity index (χ1) is 14.9. The van der Waals surface area contributed by atoms with Crippen LogP contribution in [-0.2, 0) is 29.0 Å². The molecule has 2 N–H and O–H groups in total. The third-order valence-electron chi connectivity index (χ3n) is 5.14. The van der Waals surface area contributed by atoms with Crippen molar-refractivity contribution in [2.24, 2.45) is 0 Å². The molecule has 2 amide bonds. The van der Waals surface area contributed by atoms with Crippen LogP contribution in [0.2, 0.25) is 0 Å². The van der Waals surface area contributed by atoms with Crippen molar-refractivity contribution in [2.75, 3.05) is 11.9 Å². The lowest BCUT2D eigenvalue weighted by Crippen LogP contribution is -2.34. The third kappa shape index (κ3) is 4.63. The maximum absolute atomic E-state index is 13.6. The number of aromatic nitrogens is 2. The monoisotopic (exact) mass is 446 g/mol. The lowest BCUT2D eigenvalue weighted by molar-refractivity contribution is -0.121. The zero-order valence-corrected chi connectivity index (χ0v) is 17.4. The second-order valence-electron chi connectivity index (χ2n) is 7.34. The van der Waals surface area contributed by atoms with Crippen LogP contribution >= 0.6 is 11.3 Å².